The van der Waals surface area contributed by atoms with E-state index in [1.807, 2.05) is 6.08 Å². The molecule has 0 aromatic carbocycles. The predicted octanol–water partition coefficient (Wildman–Crippen LogP) is 13.3. The van der Waals surface area contributed by atoms with Gasteiger partial charge in [0.05, 0.1) is 25.4 Å². The van der Waals surface area contributed by atoms with Crippen LogP contribution in [0, 0.1) is 0 Å². The monoisotopic (exact) mass is 978 g/mol. The molecule has 8 unspecified atom stereocenters. The van der Waals surface area contributed by atoms with Crippen LogP contribution in [0.15, 0.2) is 36.5 Å². The Balaban J connectivity index is 2.23. The van der Waals surface area contributed by atoms with Crippen molar-refractivity contribution in [1.29, 1.82) is 0 Å². The van der Waals surface area contributed by atoms with Gasteiger partial charge in [0.1, 0.15) is 30.5 Å². The molecule has 10 heteroatoms. The molecule has 1 heterocycles. The first kappa shape index (κ1) is 65.4. The molecule has 7 N–H and O–H groups in total. The van der Waals surface area contributed by atoms with Crippen molar-refractivity contribution in [3.05, 3.63) is 36.5 Å². The van der Waals surface area contributed by atoms with Crippen LogP contribution in [0.3, 0.4) is 0 Å². The van der Waals surface area contributed by atoms with Crippen molar-refractivity contribution in [2.45, 2.75) is 320 Å². The number of ether oxygens (including phenoxy) is 2. The molecule has 0 aliphatic carbocycles. The third-order valence-electron chi connectivity index (χ3n) is 14.1. The highest BCUT2D eigenvalue weighted by Gasteiger charge is 2.44. The fourth-order valence-corrected chi connectivity index (χ4v) is 9.31. The minimum absolute atomic E-state index is 0.304. The van der Waals surface area contributed by atoms with Gasteiger partial charge < -0.3 is 45.4 Å². The zero-order chi connectivity index (χ0) is 50.3. The van der Waals surface area contributed by atoms with Crippen LogP contribution in [-0.2, 0) is 14.3 Å². The normalized spacial score (nSPS) is 20.1. The molecule has 0 bridgehead atoms. The number of unbranched alkanes of at least 4 members (excludes halogenated alkanes) is 35. The predicted molar refractivity (Wildman–Crippen MR) is 287 cm³/mol. The summed E-state index contributed by atoms with van der Waals surface area (Å²) in [5.41, 5.74) is 0. The van der Waals surface area contributed by atoms with E-state index in [1.165, 1.54) is 193 Å². The van der Waals surface area contributed by atoms with Crippen LogP contribution in [0.4, 0.5) is 0 Å². The van der Waals surface area contributed by atoms with Crippen molar-refractivity contribution in [1.82, 2.24) is 5.32 Å². The van der Waals surface area contributed by atoms with Gasteiger partial charge in [-0.3, -0.25) is 4.79 Å². The molecule has 1 fully saturated rings. The zero-order valence-electron chi connectivity index (χ0n) is 44.7. The molecule has 0 spiro atoms. The van der Waals surface area contributed by atoms with Gasteiger partial charge in [0, 0.05) is 0 Å². The molecule has 0 saturated carbocycles. The molecule has 0 aromatic heterocycles. The molecule has 0 radical (unpaired) electrons. The molecule has 1 saturated heterocycles. The average Bonchev–Trinajstić information content (AvgIpc) is 3.35. The summed E-state index contributed by atoms with van der Waals surface area (Å²) in [7, 11) is 0. The Bertz CT molecular complexity index is 1200. The van der Waals surface area contributed by atoms with Gasteiger partial charge in [0.15, 0.2) is 6.29 Å². The van der Waals surface area contributed by atoms with Crippen LogP contribution in [0.5, 0.6) is 0 Å². The van der Waals surface area contributed by atoms with Gasteiger partial charge in [-0.1, -0.05) is 262 Å². The van der Waals surface area contributed by atoms with Crippen molar-refractivity contribution in [3.63, 3.8) is 0 Å². The fraction of sp³-hybridized carbons (Fsp3) is 0.881. The molecule has 1 amide bonds. The molecule has 69 heavy (non-hydrogen) atoms. The summed E-state index contributed by atoms with van der Waals surface area (Å²) >= 11 is 0. The van der Waals surface area contributed by atoms with Crippen LogP contribution < -0.4 is 5.32 Å². The first-order valence-electron chi connectivity index (χ1n) is 29.3. The molecular weight excluding hydrogens is 867 g/mol. The van der Waals surface area contributed by atoms with Gasteiger partial charge in [-0.25, -0.2) is 0 Å². The van der Waals surface area contributed by atoms with Gasteiger partial charge >= 0.3 is 0 Å². The number of carbonyl (C=O) groups is 1. The SMILES string of the molecule is CCCCCCCC/C=C/CC/C=C/CC/C=C/C(O)C(COC1OC(CO)C(O)C(O)C1O)NC(=O)C(O)CCCCCCCCCCCCCCCCCCCCCCCCCCCCCC. The minimum atomic E-state index is -1.62. The second kappa shape index (κ2) is 48.6. The van der Waals surface area contributed by atoms with E-state index in [-0.39, 0.29) is 6.61 Å². The van der Waals surface area contributed by atoms with E-state index >= 15 is 0 Å². The second-order valence-electron chi connectivity index (χ2n) is 20.6. The number of nitrogens with one attached hydrogen (secondary N) is 1. The molecule has 1 aliphatic rings. The van der Waals surface area contributed by atoms with Crippen LogP contribution in [0.25, 0.3) is 0 Å². The third kappa shape index (κ3) is 37.7. The molecule has 406 valence electrons. The summed E-state index contributed by atoms with van der Waals surface area (Å²) in [4.78, 5) is 13.1. The fourth-order valence-electron chi connectivity index (χ4n) is 9.31. The van der Waals surface area contributed by atoms with Gasteiger partial charge in [-0.2, -0.15) is 0 Å². The first-order valence-corrected chi connectivity index (χ1v) is 29.3. The van der Waals surface area contributed by atoms with Crippen LogP contribution in [0.2, 0.25) is 0 Å². The Hall–Kier alpha value is -1.63. The smallest absolute Gasteiger partial charge is 0.249 e. The van der Waals surface area contributed by atoms with Crippen molar-refractivity contribution in [2.75, 3.05) is 13.2 Å². The van der Waals surface area contributed by atoms with Crippen LogP contribution in [-0.4, -0.2) is 98.7 Å². The largest absolute Gasteiger partial charge is 0.394 e. The van der Waals surface area contributed by atoms with Crippen molar-refractivity contribution < 1.29 is 44.9 Å². The summed E-state index contributed by atoms with van der Waals surface area (Å²) in [6, 6.07) is -1.00. The van der Waals surface area contributed by atoms with Gasteiger partial charge in [-0.15, -0.1) is 0 Å². The lowest BCUT2D eigenvalue weighted by atomic mass is 9.99. The third-order valence-corrected chi connectivity index (χ3v) is 14.1. The van der Waals surface area contributed by atoms with Crippen LogP contribution >= 0.6 is 0 Å². The minimum Gasteiger partial charge on any atom is -0.394 e. The maximum atomic E-state index is 13.1. The number of hydrogen-bond acceptors (Lipinski definition) is 9. The highest BCUT2D eigenvalue weighted by atomic mass is 16.7. The molecule has 10 nitrogen and oxygen atoms in total. The van der Waals surface area contributed by atoms with Crippen molar-refractivity contribution in [3.8, 4) is 0 Å². The number of carbonyl (C=O) groups excluding carboxylic acids is 1. The average molecular weight is 979 g/mol. The summed E-state index contributed by atoms with van der Waals surface area (Å²) in [5, 5.41) is 65.0. The summed E-state index contributed by atoms with van der Waals surface area (Å²) in [6.07, 6.45) is 52.6. The number of amides is 1. The number of hydrogen-bond donors (Lipinski definition) is 7. The molecular formula is C59H111NO9. The zero-order valence-corrected chi connectivity index (χ0v) is 44.7. The highest BCUT2D eigenvalue weighted by Crippen LogP contribution is 2.23. The van der Waals surface area contributed by atoms with E-state index in [1.54, 1.807) is 6.08 Å². The number of aliphatic hydroxyl groups is 6. The number of rotatable bonds is 50. The summed E-state index contributed by atoms with van der Waals surface area (Å²) in [5.74, 6) is -0.626. The Morgan fingerprint density at radius 1 is 0.493 bits per heavy atom. The maximum Gasteiger partial charge on any atom is 0.249 e. The summed E-state index contributed by atoms with van der Waals surface area (Å²) in [6.45, 7) is 3.61. The number of allylic oxidation sites excluding steroid dienone is 5. The van der Waals surface area contributed by atoms with E-state index in [9.17, 15) is 35.4 Å². The van der Waals surface area contributed by atoms with E-state index in [0.29, 0.717) is 19.3 Å². The van der Waals surface area contributed by atoms with E-state index in [4.69, 9.17) is 9.47 Å². The Labute approximate surface area is 424 Å². The lowest BCUT2D eigenvalue weighted by Gasteiger charge is -2.40. The topological polar surface area (TPSA) is 169 Å². The van der Waals surface area contributed by atoms with Crippen molar-refractivity contribution in [2.24, 2.45) is 0 Å². The van der Waals surface area contributed by atoms with Gasteiger partial charge in [0.2, 0.25) is 5.91 Å². The van der Waals surface area contributed by atoms with E-state index in [0.717, 1.165) is 44.9 Å². The quantitative estimate of drug-likeness (QED) is 0.0232. The highest BCUT2D eigenvalue weighted by molar-refractivity contribution is 5.80. The molecule has 1 rings (SSSR count). The van der Waals surface area contributed by atoms with Crippen molar-refractivity contribution >= 4 is 5.91 Å². The Morgan fingerprint density at radius 3 is 1.26 bits per heavy atom. The molecule has 8 atom stereocenters. The summed E-state index contributed by atoms with van der Waals surface area (Å²) < 4.78 is 11.2. The first-order chi connectivity index (χ1) is 33.8. The Kier molecular flexibility index (Phi) is 46.1. The van der Waals surface area contributed by atoms with Gasteiger partial charge in [0.25, 0.3) is 0 Å². The molecule has 0 aromatic rings. The van der Waals surface area contributed by atoms with E-state index < -0.39 is 61.5 Å². The van der Waals surface area contributed by atoms with Gasteiger partial charge in [-0.05, 0) is 44.9 Å². The van der Waals surface area contributed by atoms with E-state index in [2.05, 4.69) is 43.5 Å². The Morgan fingerprint density at radius 2 is 0.855 bits per heavy atom. The van der Waals surface area contributed by atoms with Crippen LogP contribution in [0.1, 0.15) is 271 Å². The second-order valence-corrected chi connectivity index (χ2v) is 20.6. The lowest BCUT2D eigenvalue weighted by Crippen LogP contribution is -2.60. The molecule has 1 aliphatic heterocycles. The standard InChI is InChI=1S/C59H111NO9/c1-3-5-7-9-11-13-15-17-19-21-22-23-24-25-26-27-28-29-30-31-32-34-36-38-40-42-44-46-48-53(63)58(67)60-51(50-68-59-57(66)56(65)55(64)54(49-61)69-59)52(62)47-45-43-41-39-37-35-33-20-18-16-14-12-10-8-6-4-2/h18,20,37,39,45,47,51-57,59,61-66H,3-17,19,21-36,38,40-44,46,48-50H2,1-2H3,(H,60,67)/b20-18+,39-37+,47-45+. The number of aliphatic hydroxyl groups excluding tert-OH is 6. The maximum absolute atomic E-state index is 13.1. The lowest BCUT2D eigenvalue weighted by molar-refractivity contribution is -0.302.